The molecule has 0 amide bonds. The van der Waals surface area contributed by atoms with Gasteiger partial charge in [-0.1, -0.05) is 139 Å². The molecule has 0 spiro atoms. The molecule has 0 saturated carbocycles. The zero-order valence-corrected chi connectivity index (χ0v) is 28.3. The Hall–Kier alpha value is -6.30. The number of hydrogen-bond donors (Lipinski definition) is 1. The number of hydrogen-bond acceptors (Lipinski definition) is 3. The molecule has 0 saturated heterocycles. The quantitative estimate of drug-likeness (QED) is 0.203. The standard InChI is InChI=1S/C46H30N4S/c1-3-13-30(14-4-1)43-45-38(26-27-51-45)47-46(48-43)50-40-25-23-31(28-37(40)35-24-22-29-12-7-8-17-34(29)44(35)50)33-19-11-21-41-42(33)36-18-9-10-20-39(36)49(41)32-15-5-2-6-16-32/h1-28,38H,(H,47,48). The van der Waals surface area contributed by atoms with Crippen LogP contribution in [0.25, 0.3) is 76.9 Å². The maximum absolute atomic E-state index is 5.42. The van der Waals surface area contributed by atoms with Crippen LogP contribution in [0.2, 0.25) is 0 Å². The van der Waals surface area contributed by atoms with Crippen molar-refractivity contribution in [2.45, 2.75) is 6.04 Å². The number of para-hydroxylation sites is 2. The van der Waals surface area contributed by atoms with E-state index in [9.17, 15) is 0 Å². The summed E-state index contributed by atoms with van der Waals surface area (Å²) >= 11 is 1.76. The van der Waals surface area contributed by atoms with E-state index in [1.54, 1.807) is 11.8 Å². The van der Waals surface area contributed by atoms with Crippen molar-refractivity contribution < 1.29 is 0 Å². The first kappa shape index (κ1) is 28.5. The number of rotatable bonds is 3. The highest BCUT2D eigenvalue weighted by molar-refractivity contribution is 8.06. The molecule has 1 N–H and O–H groups in total. The van der Waals surface area contributed by atoms with Gasteiger partial charge in [0.2, 0.25) is 5.96 Å². The van der Waals surface area contributed by atoms with Crippen LogP contribution in [-0.4, -0.2) is 21.1 Å². The molecule has 5 heteroatoms. The zero-order valence-electron chi connectivity index (χ0n) is 27.5. The lowest BCUT2D eigenvalue weighted by Crippen LogP contribution is -2.40. The van der Waals surface area contributed by atoms with Gasteiger partial charge in [-0.25, -0.2) is 4.99 Å². The van der Waals surface area contributed by atoms with Gasteiger partial charge in [0.1, 0.15) is 0 Å². The SMILES string of the molecule is C1=CC2NC(n3c4ccc(-c5cccc6c5c5ccccc5n6-c5ccccc5)cc4c4ccc5ccccc5c43)=NC(c3ccccc3)=C2S1. The third kappa shape index (κ3) is 4.25. The van der Waals surface area contributed by atoms with Crippen molar-refractivity contribution in [2.75, 3.05) is 0 Å². The van der Waals surface area contributed by atoms with E-state index in [1.165, 1.54) is 59.4 Å². The summed E-state index contributed by atoms with van der Waals surface area (Å²) in [6, 6.07) is 57.0. The Morgan fingerprint density at radius 3 is 2.18 bits per heavy atom. The van der Waals surface area contributed by atoms with Gasteiger partial charge in [0.25, 0.3) is 0 Å². The highest BCUT2D eigenvalue weighted by Gasteiger charge is 2.30. The van der Waals surface area contributed by atoms with Gasteiger partial charge >= 0.3 is 0 Å². The van der Waals surface area contributed by atoms with Crippen LogP contribution in [0.4, 0.5) is 0 Å². The number of nitrogens with one attached hydrogen (secondary N) is 1. The fourth-order valence-electron chi connectivity index (χ4n) is 8.20. The fourth-order valence-corrected chi connectivity index (χ4v) is 9.14. The molecular weight excluding hydrogens is 641 g/mol. The van der Waals surface area contributed by atoms with Crippen LogP contribution in [0.15, 0.2) is 179 Å². The molecule has 4 heterocycles. The van der Waals surface area contributed by atoms with Crippen molar-refractivity contribution >= 4 is 77.8 Å². The lowest BCUT2D eigenvalue weighted by molar-refractivity contribution is 0.834. The Balaban J connectivity index is 1.19. The first-order valence-electron chi connectivity index (χ1n) is 17.3. The van der Waals surface area contributed by atoms with Crippen molar-refractivity contribution in [3.63, 3.8) is 0 Å². The summed E-state index contributed by atoms with van der Waals surface area (Å²) in [5, 5.41) is 13.3. The largest absolute Gasteiger partial charge is 0.344 e. The Kier molecular flexibility index (Phi) is 6.21. The predicted octanol–water partition coefficient (Wildman–Crippen LogP) is 11.5. The minimum Gasteiger partial charge on any atom is -0.344 e. The summed E-state index contributed by atoms with van der Waals surface area (Å²) in [5.74, 6) is 0.840. The van der Waals surface area contributed by atoms with Crippen LogP contribution in [-0.2, 0) is 0 Å². The number of thioether (sulfide) groups is 1. The van der Waals surface area contributed by atoms with Gasteiger partial charge in [0.15, 0.2) is 0 Å². The monoisotopic (exact) mass is 670 g/mol. The average Bonchev–Trinajstić information content (AvgIpc) is 3.90. The maximum atomic E-state index is 5.42. The molecule has 2 aliphatic heterocycles. The number of benzene rings is 7. The highest BCUT2D eigenvalue weighted by atomic mass is 32.2. The molecular formula is C46H30N4S. The third-order valence-electron chi connectivity index (χ3n) is 10.4. The average molecular weight is 671 g/mol. The lowest BCUT2D eigenvalue weighted by atomic mass is 9.97. The minimum absolute atomic E-state index is 0.0685. The molecule has 0 aliphatic carbocycles. The molecule has 0 bridgehead atoms. The number of fused-ring (bicyclic) bond motifs is 9. The van der Waals surface area contributed by atoms with Crippen molar-refractivity contribution in [1.29, 1.82) is 0 Å². The van der Waals surface area contributed by atoms with Gasteiger partial charge in [0.05, 0.1) is 33.8 Å². The van der Waals surface area contributed by atoms with Gasteiger partial charge in [-0.15, -0.1) is 0 Å². The van der Waals surface area contributed by atoms with Crippen molar-refractivity contribution in [3.05, 3.63) is 180 Å². The summed E-state index contributed by atoms with van der Waals surface area (Å²) in [6.45, 7) is 0. The van der Waals surface area contributed by atoms with Crippen LogP contribution < -0.4 is 5.32 Å². The third-order valence-corrected chi connectivity index (χ3v) is 11.4. The topological polar surface area (TPSA) is 34.2 Å². The second-order valence-electron chi connectivity index (χ2n) is 13.2. The molecule has 0 fully saturated rings. The number of aromatic nitrogens is 2. The first-order chi connectivity index (χ1) is 25.3. The Bertz CT molecular complexity index is 2960. The lowest BCUT2D eigenvalue weighted by Gasteiger charge is -2.25. The molecule has 9 aromatic rings. The molecule has 1 unspecified atom stereocenters. The molecule has 2 aromatic heterocycles. The summed E-state index contributed by atoms with van der Waals surface area (Å²) in [5.41, 5.74) is 10.4. The number of aliphatic imine (C=N–C) groups is 1. The highest BCUT2D eigenvalue weighted by Crippen LogP contribution is 2.43. The van der Waals surface area contributed by atoms with Gasteiger partial charge in [-0.2, -0.15) is 0 Å². The van der Waals surface area contributed by atoms with E-state index in [0.717, 1.165) is 33.9 Å². The van der Waals surface area contributed by atoms with E-state index in [0.29, 0.717) is 0 Å². The van der Waals surface area contributed by atoms with Crippen molar-refractivity contribution in [1.82, 2.24) is 14.5 Å². The Morgan fingerprint density at radius 1 is 0.549 bits per heavy atom. The molecule has 11 rings (SSSR count). The van der Waals surface area contributed by atoms with E-state index >= 15 is 0 Å². The van der Waals surface area contributed by atoms with Gasteiger partial charge in [-0.3, -0.25) is 4.57 Å². The van der Waals surface area contributed by atoms with Crippen LogP contribution in [0.5, 0.6) is 0 Å². The van der Waals surface area contributed by atoms with Gasteiger partial charge < -0.3 is 9.88 Å². The normalized spacial score (nSPS) is 15.7. The van der Waals surface area contributed by atoms with E-state index in [-0.39, 0.29) is 6.04 Å². The fraction of sp³-hybridized carbons (Fsp3) is 0.0217. The van der Waals surface area contributed by atoms with E-state index < -0.39 is 0 Å². The van der Waals surface area contributed by atoms with E-state index in [2.05, 4.69) is 184 Å². The van der Waals surface area contributed by atoms with Gasteiger partial charge in [-0.05, 0) is 58.3 Å². The van der Waals surface area contributed by atoms with Crippen molar-refractivity contribution in [2.24, 2.45) is 4.99 Å². The molecule has 1 atom stereocenters. The second kappa shape index (κ2) is 11.1. The molecule has 4 nitrogen and oxygen atoms in total. The zero-order chi connectivity index (χ0) is 33.5. The van der Waals surface area contributed by atoms with E-state index in [1.807, 2.05) is 0 Å². The molecule has 51 heavy (non-hydrogen) atoms. The molecule has 0 radical (unpaired) electrons. The van der Waals surface area contributed by atoms with E-state index in [4.69, 9.17) is 4.99 Å². The summed E-state index contributed by atoms with van der Waals surface area (Å²) in [7, 11) is 0. The molecule has 7 aromatic carbocycles. The number of nitrogens with zero attached hydrogens (tertiary/aromatic N) is 3. The Labute approximate surface area is 298 Å². The summed E-state index contributed by atoms with van der Waals surface area (Å²) in [6.07, 6.45) is 2.24. The van der Waals surface area contributed by atoms with Crippen LogP contribution in [0, 0.1) is 0 Å². The molecule has 2 aliphatic rings. The predicted molar refractivity (Wildman–Crippen MR) is 217 cm³/mol. The van der Waals surface area contributed by atoms with Crippen LogP contribution in [0.3, 0.4) is 0 Å². The maximum Gasteiger partial charge on any atom is 0.209 e. The summed E-state index contributed by atoms with van der Waals surface area (Å²) in [4.78, 5) is 6.65. The molecule has 240 valence electrons. The minimum atomic E-state index is 0.0685. The first-order valence-corrected chi connectivity index (χ1v) is 18.2. The second-order valence-corrected chi connectivity index (χ2v) is 14.2. The van der Waals surface area contributed by atoms with Crippen LogP contribution >= 0.6 is 11.8 Å². The Morgan fingerprint density at radius 2 is 1.29 bits per heavy atom. The summed E-state index contributed by atoms with van der Waals surface area (Å²) < 4.78 is 4.74. The smallest absolute Gasteiger partial charge is 0.209 e. The van der Waals surface area contributed by atoms with Crippen LogP contribution in [0.1, 0.15) is 5.56 Å². The van der Waals surface area contributed by atoms with Gasteiger partial charge in [0, 0.05) is 43.1 Å². The van der Waals surface area contributed by atoms with Crippen molar-refractivity contribution in [3.8, 4) is 16.8 Å².